The van der Waals surface area contributed by atoms with Crippen LogP contribution in [0.15, 0.2) is 22.7 Å². The van der Waals surface area contributed by atoms with Gasteiger partial charge in [0, 0.05) is 13.2 Å². The number of hydrogen-bond donors (Lipinski definition) is 1. The first kappa shape index (κ1) is 14.8. The zero-order valence-electron chi connectivity index (χ0n) is 11.3. The van der Waals surface area contributed by atoms with Crippen LogP contribution in [0.2, 0.25) is 0 Å². The lowest BCUT2D eigenvalue weighted by molar-refractivity contribution is 0.00714. The number of benzene rings is 1. The summed E-state index contributed by atoms with van der Waals surface area (Å²) in [6, 6.07) is 5.85. The molecule has 1 aromatic rings. The quantitative estimate of drug-likeness (QED) is 0.895. The van der Waals surface area contributed by atoms with Crippen LogP contribution < -0.4 is 4.74 Å². The fourth-order valence-electron chi connectivity index (χ4n) is 2.33. The zero-order chi connectivity index (χ0) is 13.7. The third-order valence-electron chi connectivity index (χ3n) is 3.47. The molecule has 0 saturated carbocycles. The van der Waals surface area contributed by atoms with Crippen molar-refractivity contribution < 1.29 is 14.6 Å². The minimum Gasteiger partial charge on any atom is -0.492 e. The van der Waals surface area contributed by atoms with Gasteiger partial charge in [0.2, 0.25) is 0 Å². The van der Waals surface area contributed by atoms with Crippen molar-refractivity contribution in [2.75, 3.05) is 19.8 Å². The topological polar surface area (TPSA) is 38.7 Å². The third-order valence-corrected chi connectivity index (χ3v) is 4.09. The molecule has 1 atom stereocenters. The highest BCUT2D eigenvalue weighted by Crippen LogP contribution is 2.34. The zero-order valence-corrected chi connectivity index (χ0v) is 12.9. The van der Waals surface area contributed by atoms with E-state index < -0.39 is 6.10 Å². The summed E-state index contributed by atoms with van der Waals surface area (Å²) in [6.45, 7) is 4.29. The van der Waals surface area contributed by atoms with Gasteiger partial charge in [-0.15, -0.1) is 0 Å². The van der Waals surface area contributed by atoms with Crippen molar-refractivity contribution in [3.8, 4) is 5.75 Å². The average Bonchev–Trinajstić information content (AvgIpc) is 2.46. The van der Waals surface area contributed by atoms with Crippen LogP contribution in [0, 0.1) is 5.92 Å². The molecule has 0 aliphatic carbocycles. The maximum absolute atomic E-state index is 10.4. The van der Waals surface area contributed by atoms with Gasteiger partial charge in [-0.2, -0.15) is 0 Å². The Morgan fingerprint density at radius 1 is 1.42 bits per heavy atom. The van der Waals surface area contributed by atoms with Gasteiger partial charge in [-0.25, -0.2) is 0 Å². The lowest BCUT2D eigenvalue weighted by Crippen LogP contribution is -2.21. The molecule has 1 N–H and O–H groups in total. The molecule has 1 aromatic carbocycles. The van der Waals surface area contributed by atoms with Gasteiger partial charge in [-0.1, -0.05) is 13.0 Å². The number of ether oxygens (including phenoxy) is 2. The summed E-state index contributed by atoms with van der Waals surface area (Å²) in [6.07, 6.45) is 2.42. The van der Waals surface area contributed by atoms with Crippen LogP contribution in [0.4, 0.5) is 0 Å². The van der Waals surface area contributed by atoms with Crippen LogP contribution >= 0.6 is 15.9 Å². The molecule has 1 aliphatic heterocycles. The number of halogens is 1. The van der Waals surface area contributed by atoms with E-state index in [4.69, 9.17) is 9.47 Å². The monoisotopic (exact) mass is 328 g/mol. The SMILES string of the molecule is CCCOc1ccc(C(O)C2CCOCC2)cc1Br. The Morgan fingerprint density at radius 3 is 2.79 bits per heavy atom. The fourth-order valence-corrected chi connectivity index (χ4v) is 2.84. The smallest absolute Gasteiger partial charge is 0.133 e. The van der Waals surface area contributed by atoms with E-state index in [9.17, 15) is 5.11 Å². The van der Waals surface area contributed by atoms with Gasteiger partial charge in [-0.05, 0) is 58.8 Å². The van der Waals surface area contributed by atoms with Crippen molar-refractivity contribution in [1.82, 2.24) is 0 Å². The molecule has 0 aromatic heterocycles. The lowest BCUT2D eigenvalue weighted by Gasteiger charge is -2.27. The van der Waals surface area contributed by atoms with E-state index in [0.29, 0.717) is 12.5 Å². The standard InChI is InChI=1S/C15H21BrO3/c1-2-7-19-14-4-3-12(10-13(14)16)15(17)11-5-8-18-9-6-11/h3-4,10-11,15,17H,2,5-9H2,1H3. The molecule has 1 saturated heterocycles. The van der Waals surface area contributed by atoms with Gasteiger partial charge >= 0.3 is 0 Å². The highest BCUT2D eigenvalue weighted by molar-refractivity contribution is 9.10. The van der Waals surface area contributed by atoms with Gasteiger partial charge in [0.25, 0.3) is 0 Å². The summed E-state index contributed by atoms with van der Waals surface area (Å²) in [5.74, 6) is 1.13. The average molecular weight is 329 g/mol. The van der Waals surface area contributed by atoms with Gasteiger partial charge in [0.15, 0.2) is 0 Å². The van der Waals surface area contributed by atoms with E-state index in [1.807, 2.05) is 18.2 Å². The van der Waals surface area contributed by atoms with Crippen LogP contribution in [-0.2, 0) is 4.74 Å². The second-order valence-electron chi connectivity index (χ2n) is 4.93. The normalized spacial score (nSPS) is 18.3. The van der Waals surface area contributed by atoms with Crippen molar-refractivity contribution in [2.45, 2.75) is 32.3 Å². The van der Waals surface area contributed by atoms with Gasteiger partial charge < -0.3 is 14.6 Å². The number of aliphatic hydroxyl groups excluding tert-OH is 1. The first-order valence-electron chi connectivity index (χ1n) is 6.90. The fraction of sp³-hybridized carbons (Fsp3) is 0.600. The van der Waals surface area contributed by atoms with Crippen LogP contribution in [0.3, 0.4) is 0 Å². The van der Waals surface area contributed by atoms with Crippen molar-refractivity contribution >= 4 is 15.9 Å². The highest BCUT2D eigenvalue weighted by atomic mass is 79.9. The summed E-state index contributed by atoms with van der Waals surface area (Å²) in [4.78, 5) is 0. The number of rotatable bonds is 5. The molecule has 1 fully saturated rings. The van der Waals surface area contributed by atoms with E-state index in [1.54, 1.807) is 0 Å². The van der Waals surface area contributed by atoms with Crippen LogP contribution in [-0.4, -0.2) is 24.9 Å². The molecule has 0 spiro atoms. The Bertz CT molecular complexity index is 402. The van der Waals surface area contributed by atoms with Gasteiger partial charge in [0.05, 0.1) is 17.2 Å². The van der Waals surface area contributed by atoms with Crippen LogP contribution in [0.25, 0.3) is 0 Å². The Hall–Kier alpha value is -0.580. The van der Waals surface area contributed by atoms with E-state index in [2.05, 4.69) is 22.9 Å². The predicted molar refractivity (Wildman–Crippen MR) is 78.4 cm³/mol. The molecule has 0 bridgehead atoms. The van der Waals surface area contributed by atoms with Crippen LogP contribution in [0.1, 0.15) is 37.9 Å². The maximum atomic E-state index is 10.4. The molecule has 2 rings (SSSR count). The van der Waals surface area contributed by atoms with Crippen molar-refractivity contribution in [3.05, 3.63) is 28.2 Å². The second kappa shape index (κ2) is 7.27. The summed E-state index contributed by atoms with van der Waals surface area (Å²) < 4.78 is 11.9. The van der Waals surface area contributed by atoms with Crippen molar-refractivity contribution in [3.63, 3.8) is 0 Å². The molecule has 3 nitrogen and oxygen atoms in total. The first-order valence-corrected chi connectivity index (χ1v) is 7.69. The Labute approximate surface area is 123 Å². The Kier molecular flexibility index (Phi) is 5.67. The summed E-state index contributed by atoms with van der Waals surface area (Å²) in [5, 5.41) is 10.4. The molecular weight excluding hydrogens is 308 g/mol. The van der Waals surface area contributed by atoms with E-state index in [0.717, 1.165) is 48.3 Å². The second-order valence-corrected chi connectivity index (χ2v) is 5.79. The molecule has 0 radical (unpaired) electrons. The predicted octanol–water partition coefficient (Wildman–Crippen LogP) is 3.70. The minimum atomic E-state index is -0.416. The molecule has 0 amide bonds. The largest absolute Gasteiger partial charge is 0.492 e. The van der Waals surface area contributed by atoms with E-state index in [1.165, 1.54) is 0 Å². The Balaban J connectivity index is 2.05. The van der Waals surface area contributed by atoms with Crippen LogP contribution in [0.5, 0.6) is 5.75 Å². The molecule has 106 valence electrons. The van der Waals surface area contributed by atoms with E-state index >= 15 is 0 Å². The lowest BCUT2D eigenvalue weighted by atomic mass is 9.89. The van der Waals surface area contributed by atoms with E-state index in [-0.39, 0.29) is 0 Å². The van der Waals surface area contributed by atoms with Crippen molar-refractivity contribution in [1.29, 1.82) is 0 Å². The molecular formula is C15H21BrO3. The van der Waals surface area contributed by atoms with Gasteiger partial charge in [-0.3, -0.25) is 0 Å². The summed E-state index contributed by atoms with van der Waals surface area (Å²) in [7, 11) is 0. The number of aliphatic hydroxyl groups is 1. The third kappa shape index (κ3) is 3.94. The summed E-state index contributed by atoms with van der Waals surface area (Å²) >= 11 is 3.51. The molecule has 19 heavy (non-hydrogen) atoms. The highest BCUT2D eigenvalue weighted by Gasteiger charge is 2.23. The van der Waals surface area contributed by atoms with Gasteiger partial charge in [0.1, 0.15) is 5.75 Å². The summed E-state index contributed by atoms with van der Waals surface area (Å²) in [5.41, 5.74) is 0.947. The Morgan fingerprint density at radius 2 is 2.16 bits per heavy atom. The maximum Gasteiger partial charge on any atom is 0.133 e. The molecule has 1 aliphatic rings. The minimum absolute atomic E-state index is 0.295. The van der Waals surface area contributed by atoms with Crippen molar-refractivity contribution in [2.24, 2.45) is 5.92 Å². The molecule has 1 unspecified atom stereocenters. The molecule has 4 heteroatoms. The molecule has 1 heterocycles. The number of hydrogen-bond acceptors (Lipinski definition) is 3. The first-order chi connectivity index (χ1) is 9.22.